The van der Waals surface area contributed by atoms with E-state index in [-0.39, 0.29) is 29.1 Å². The highest BCUT2D eigenvalue weighted by atomic mass is 79.9. The van der Waals surface area contributed by atoms with Crippen LogP contribution in [0, 0.1) is 6.92 Å². The van der Waals surface area contributed by atoms with Crippen LogP contribution in [0.2, 0.25) is 0 Å². The quantitative estimate of drug-likeness (QED) is 0.329. The number of nitrogens with one attached hydrogen (secondary N) is 1. The smallest absolute Gasteiger partial charge is 0.416 e. The largest absolute Gasteiger partial charge is 0.491 e. The number of benzene rings is 3. The van der Waals surface area contributed by atoms with Crippen LogP contribution in [0.3, 0.4) is 0 Å². The second-order valence-corrected chi connectivity index (χ2v) is 9.00. The van der Waals surface area contributed by atoms with Crippen LogP contribution in [0.15, 0.2) is 59.1 Å². The molecule has 0 radical (unpaired) electrons. The molecule has 0 spiro atoms. The summed E-state index contributed by atoms with van der Waals surface area (Å²) in [5.41, 5.74) is 3.96. The number of aromatic amines is 1. The first-order valence-electron chi connectivity index (χ1n) is 10.6. The standard InChI is InChI=1S/C25H19BrF3N3O2/c1-14-30-21-6-2-16(11-22(21)31-14)15-3-7-23-17(10-15)13-32(8-9-34-23)24(33)19-5-4-18(12-20(19)26)25(27,28)29/h2-7,10-12H,8-9,13H2,1H3,(H,30,31). The van der Waals surface area contributed by atoms with E-state index in [1.807, 2.05) is 43.3 Å². The van der Waals surface area contributed by atoms with Crippen LogP contribution < -0.4 is 4.74 Å². The van der Waals surface area contributed by atoms with Gasteiger partial charge in [0.05, 0.1) is 28.7 Å². The maximum absolute atomic E-state index is 13.2. The lowest BCUT2D eigenvalue weighted by molar-refractivity contribution is -0.137. The van der Waals surface area contributed by atoms with Crippen LogP contribution in [0.5, 0.6) is 5.75 Å². The highest BCUT2D eigenvalue weighted by Crippen LogP contribution is 2.34. The Morgan fingerprint density at radius 1 is 1.09 bits per heavy atom. The van der Waals surface area contributed by atoms with Crippen LogP contribution in [-0.4, -0.2) is 33.9 Å². The van der Waals surface area contributed by atoms with Crippen molar-refractivity contribution in [1.82, 2.24) is 14.9 Å². The number of fused-ring (bicyclic) bond motifs is 2. The number of carbonyl (C=O) groups is 1. The molecule has 1 N–H and O–H groups in total. The number of imidazole rings is 1. The van der Waals surface area contributed by atoms with Crippen molar-refractivity contribution in [3.8, 4) is 16.9 Å². The predicted octanol–water partition coefficient (Wildman–Crippen LogP) is 6.35. The first-order chi connectivity index (χ1) is 16.2. The fourth-order valence-corrected chi connectivity index (χ4v) is 4.65. The zero-order valence-electron chi connectivity index (χ0n) is 18.0. The van der Waals surface area contributed by atoms with Gasteiger partial charge in [-0.1, -0.05) is 12.1 Å². The molecule has 1 aliphatic heterocycles. The summed E-state index contributed by atoms with van der Waals surface area (Å²) in [6.07, 6.45) is -4.48. The molecule has 2 heterocycles. The van der Waals surface area contributed by atoms with Crippen molar-refractivity contribution >= 4 is 32.9 Å². The van der Waals surface area contributed by atoms with Crippen LogP contribution >= 0.6 is 15.9 Å². The third kappa shape index (κ3) is 4.27. The molecule has 34 heavy (non-hydrogen) atoms. The number of aryl methyl sites for hydroxylation is 1. The minimum Gasteiger partial charge on any atom is -0.491 e. The van der Waals surface area contributed by atoms with Gasteiger partial charge in [0.1, 0.15) is 18.2 Å². The zero-order chi connectivity index (χ0) is 24.0. The molecule has 174 valence electrons. The van der Waals surface area contributed by atoms with Crippen LogP contribution in [0.4, 0.5) is 13.2 Å². The number of nitrogens with zero attached hydrogens (tertiary/aromatic N) is 2. The number of hydrogen-bond acceptors (Lipinski definition) is 3. The van der Waals surface area contributed by atoms with E-state index in [4.69, 9.17) is 4.74 Å². The molecule has 0 fully saturated rings. The van der Waals surface area contributed by atoms with Crippen molar-refractivity contribution in [2.45, 2.75) is 19.6 Å². The van der Waals surface area contributed by atoms with Gasteiger partial charge in [0.2, 0.25) is 0 Å². The number of ether oxygens (including phenoxy) is 1. The summed E-state index contributed by atoms with van der Waals surface area (Å²) in [5, 5.41) is 0. The Balaban J connectivity index is 1.44. The number of H-pyrrole nitrogens is 1. The summed E-state index contributed by atoms with van der Waals surface area (Å²) in [4.78, 5) is 22.4. The summed E-state index contributed by atoms with van der Waals surface area (Å²) in [5.74, 6) is 1.16. The van der Waals surface area contributed by atoms with Crippen LogP contribution in [0.25, 0.3) is 22.2 Å². The summed E-state index contributed by atoms with van der Waals surface area (Å²) in [6, 6.07) is 14.9. The molecule has 5 rings (SSSR count). The van der Waals surface area contributed by atoms with Gasteiger partial charge in [-0.2, -0.15) is 13.2 Å². The van der Waals surface area contributed by atoms with Crippen molar-refractivity contribution in [3.63, 3.8) is 0 Å². The second kappa shape index (κ2) is 8.47. The van der Waals surface area contributed by atoms with Gasteiger partial charge in [0, 0.05) is 16.6 Å². The Kier molecular flexibility index (Phi) is 5.59. The van der Waals surface area contributed by atoms with Crippen molar-refractivity contribution < 1.29 is 22.7 Å². The average Bonchev–Trinajstić information content (AvgIpc) is 3.03. The van der Waals surface area contributed by atoms with Gasteiger partial charge in [0.25, 0.3) is 5.91 Å². The van der Waals surface area contributed by atoms with Gasteiger partial charge in [-0.05, 0) is 76.4 Å². The minimum absolute atomic E-state index is 0.106. The van der Waals surface area contributed by atoms with Gasteiger partial charge in [-0.15, -0.1) is 0 Å². The molecule has 4 aromatic rings. The molecule has 5 nitrogen and oxygen atoms in total. The minimum atomic E-state index is -4.48. The van der Waals surface area contributed by atoms with E-state index in [1.54, 1.807) is 4.90 Å². The number of carbonyl (C=O) groups excluding carboxylic acids is 1. The Labute approximate surface area is 201 Å². The van der Waals surface area contributed by atoms with E-state index in [9.17, 15) is 18.0 Å². The summed E-state index contributed by atoms with van der Waals surface area (Å²) < 4.78 is 45.0. The fourth-order valence-electron chi connectivity index (χ4n) is 4.10. The number of alkyl halides is 3. The van der Waals surface area contributed by atoms with Gasteiger partial charge in [-0.3, -0.25) is 4.79 Å². The highest BCUT2D eigenvalue weighted by molar-refractivity contribution is 9.10. The Morgan fingerprint density at radius 3 is 2.62 bits per heavy atom. The number of rotatable bonds is 2. The van der Waals surface area contributed by atoms with Crippen molar-refractivity contribution in [3.05, 3.63) is 81.6 Å². The maximum Gasteiger partial charge on any atom is 0.416 e. The van der Waals surface area contributed by atoms with Crippen molar-refractivity contribution in [2.75, 3.05) is 13.2 Å². The lowest BCUT2D eigenvalue weighted by atomic mass is 10.0. The molecule has 1 amide bonds. The van der Waals surface area contributed by atoms with E-state index >= 15 is 0 Å². The van der Waals surface area contributed by atoms with Gasteiger partial charge in [0.15, 0.2) is 0 Å². The number of halogens is 4. The molecule has 0 atom stereocenters. The van der Waals surface area contributed by atoms with Crippen molar-refractivity contribution in [2.24, 2.45) is 0 Å². The third-order valence-corrected chi connectivity index (χ3v) is 6.44. The number of hydrogen-bond donors (Lipinski definition) is 1. The first kappa shape index (κ1) is 22.5. The Bertz CT molecular complexity index is 1410. The molecular formula is C25H19BrF3N3O2. The lowest BCUT2D eigenvalue weighted by Crippen LogP contribution is -2.32. The summed E-state index contributed by atoms with van der Waals surface area (Å²) in [6.45, 7) is 2.78. The SMILES string of the molecule is Cc1nc2ccc(-c3ccc4c(c3)CN(C(=O)c3ccc(C(F)(F)F)cc3Br)CCO4)cc2[nH]1. The molecule has 1 aliphatic rings. The molecule has 3 aromatic carbocycles. The summed E-state index contributed by atoms with van der Waals surface area (Å²) in [7, 11) is 0. The van der Waals surface area contributed by atoms with Gasteiger partial charge in [-0.25, -0.2) is 4.98 Å². The van der Waals surface area contributed by atoms with Crippen LogP contribution in [-0.2, 0) is 12.7 Å². The number of aromatic nitrogens is 2. The van der Waals surface area contributed by atoms with E-state index in [1.165, 1.54) is 6.07 Å². The number of amides is 1. The molecule has 0 saturated carbocycles. The normalized spacial score (nSPS) is 14.0. The Hall–Kier alpha value is -3.33. The topological polar surface area (TPSA) is 58.2 Å². The van der Waals surface area contributed by atoms with E-state index in [0.717, 1.165) is 45.7 Å². The molecule has 9 heteroatoms. The third-order valence-electron chi connectivity index (χ3n) is 5.79. The second-order valence-electron chi connectivity index (χ2n) is 8.14. The van der Waals surface area contributed by atoms with E-state index in [0.29, 0.717) is 12.3 Å². The summed E-state index contributed by atoms with van der Waals surface area (Å²) >= 11 is 3.13. The molecule has 1 aromatic heterocycles. The highest BCUT2D eigenvalue weighted by Gasteiger charge is 2.32. The monoisotopic (exact) mass is 529 g/mol. The van der Waals surface area contributed by atoms with Crippen LogP contribution in [0.1, 0.15) is 27.3 Å². The molecular weight excluding hydrogens is 511 g/mol. The predicted molar refractivity (Wildman–Crippen MR) is 126 cm³/mol. The maximum atomic E-state index is 13.2. The molecule has 0 aliphatic carbocycles. The fraction of sp³-hybridized carbons (Fsp3) is 0.200. The molecule has 0 saturated heterocycles. The zero-order valence-corrected chi connectivity index (χ0v) is 19.6. The molecule has 0 bridgehead atoms. The Morgan fingerprint density at radius 2 is 1.85 bits per heavy atom. The van der Waals surface area contributed by atoms with Gasteiger partial charge < -0.3 is 14.6 Å². The lowest BCUT2D eigenvalue weighted by Gasteiger charge is -2.21. The molecule has 0 unspecified atom stereocenters. The van der Waals surface area contributed by atoms with Crippen molar-refractivity contribution in [1.29, 1.82) is 0 Å². The first-order valence-corrected chi connectivity index (χ1v) is 11.4. The van der Waals surface area contributed by atoms with Gasteiger partial charge >= 0.3 is 6.18 Å². The average molecular weight is 530 g/mol. The van der Waals surface area contributed by atoms with E-state index < -0.39 is 11.7 Å². The van der Waals surface area contributed by atoms with E-state index in [2.05, 4.69) is 25.9 Å².